The van der Waals surface area contributed by atoms with E-state index in [4.69, 9.17) is 0 Å². The first-order chi connectivity index (χ1) is 10.9. The maximum Gasteiger partial charge on any atom is 0.388 e. The van der Waals surface area contributed by atoms with Gasteiger partial charge < -0.3 is 15.2 Å². The van der Waals surface area contributed by atoms with E-state index in [9.17, 15) is 18.7 Å². The fourth-order valence-electron chi connectivity index (χ4n) is 3.10. The first-order valence-electron chi connectivity index (χ1n) is 7.78. The zero-order valence-corrected chi connectivity index (χ0v) is 13.4. The van der Waals surface area contributed by atoms with Gasteiger partial charge in [0.1, 0.15) is 0 Å². The molecule has 1 saturated carbocycles. The van der Waals surface area contributed by atoms with Crippen molar-refractivity contribution in [3.63, 3.8) is 0 Å². The number of nitrogens with one attached hydrogen (secondary N) is 1. The number of carbonyl (C=O) groups is 1. The largest absolute Gasteiger partial charge is 0.417 e. The third kappa shape index (κ3) is 4.19. The maximum atomic E-state index is 12.4. The molecule has 1 aromatic heterocycles. The van der Waals surface area contributed by atoms with Crippen LogP contribution in [-0.2, 0) is 7.05 Å². The van der Waals surface area contributed by atoms with Crippen LogP contribution >= 0.6 is 0 Å². The maximum absolute atomic E-state index is 12.4. The summed E-state index contributed by atoms with van der Waals surface area (Å²) in [5, 5.41) is 16.5. The fraction of sp³-hybridized carbons (Fsp3) is 0.733. The van der Waals surface area contributed by atoms with E-state index < -0.39 is 18.1 Å². The molecule has 0 aliphatic heterocycles. The molecule has 0 bridgehead atoms. The number of rotatable bonds is 6. The minimum Gasteiger partial charge on any atom is -0.417 e. The summed E-state index contributed by atoms with van der Waals surface area (Å²) >= 11 is 0. The second kappa shape index (κ2) is 7.25. The Labute approximate surface area is 133 Å². The molecule has 130 valence electrons. The molecule has 8 heteroatoms. The molecule has 1 aliphatic carbocycles. The van der Waals surface area contributed by atoms with Crippen LogP contribution in [0.25, 0.3) is 0 Å². The van der Waals surface area contributed by atoms with Crippen molar-refractivity contribution in [3.05, 3.63) is 11.8 Å². The van der Waals surface area contributed by atoms with Gasteiger partial charge in [-0.3, -0.25) is 4.79 Å². The van der Waals surface area contributed by atoms with Crippen LogP contribution in [0.2, 0.25) is 0 Å². The molecule has 0 spiro atoms. The molecule has 1 fully saturated rings. The molecule has 0 aromatic carbocycles. The number of carbonyl (C=O) groups excluding carboxylic acids is 1. The SMILES string of the molecule is Cn1nc(C(=O)N[C@@](C)(CO)C2CCCCC2)cc1OC(F)F. The molecule has 23 heavy (non-hydrogen) atoms. The summed E-state index contributed by atoms with van der Waals surface area (Å²) in [4.78, 5) is 12.4. The van der Waals surface area contributed by atoms with Crippen molar-refractivity contribution in [2.75, 3.05) is 6.61 Å². The van der Waals surface area contributed by atoms with Gasteiger partial charge in [0.15, 0.2) is 5.69 Å². The number of halogens is 2. The third-order valence-electron chi connectivity index (χ3n) is 4.51. The van der Waals surface area contributed by atoms with Gasteiger partial charge in [-0.2, -0.15) is 13.9 Å². The highest BCUT2D eigenvalue weighted by Gasteiger charge is 2.36. The van der Waals surface area contributed by atoms with Gasteiger partial charge in [0.05, 0.1) is 12.1 Å². The summed E-state index contributed by atoms with van der Waals surface area (Å²) in [5.74, 6) is -0.508. The van der Waals surface area contributed by atoms with Crippen LogP contribution in [0, 0.1) is 5.92 Å². The average molecular weight is 331 g/mol. The van der Waals surface area contributed by atoms with E-state index in [1.165, 1.54) is 19.5 Å². The van der Waals surface area contributed by atoms with Crippen molar-refractivity contribution in [2.24, 2.45) is 13.0 Å². The summed E-state index contributed by atoms with van der Waals surface area (Å²) in [6, 6.07) is 1.17. The molecule has 1 amide bonds. The number of hydrogen-bond donors (Lipinski definition) is 2. The van der Waals surface area contributed by atoms with Gasteiger partial charge in [0.25, 0.3) is 5.91 Å². The highest BCUT2D eigenvalue weighted by molar-refractivity contribution is 5.93. The van der Waals surface area contributed by atoms with E-state index in [0.29, 0.717) is 0 Å². The van der Waals surface area contributed by atoms with Crippen molar-refractivity contribution < 1.29 is 23.4 Å². The van der Waals surface area contributed by atoms with Crippen molar-refractivity contribution in [1.29, 1.82) is 0 Å². The average Bonchev–Trinajstić information content (AvgIpc) is 2.88. The Bertz CT molecular complexity index is 544. The highest BCUT2D eigenvalue weighted by atomic mass is 19.3. The van der Waals surface area contributed by atoms with E-state index in [1.54, 1.807) is 6.92 Å². The quantitative estimate of drug-likeness (QED) is 0.837. The molecule has 1 aromatic rings. The lowest BCUT2D eigenvalue weighted by atomic mass is 9.76. The van der Waals surface area contributed by atoms with Gasteiger partial charge in [-0.15, -0.1) is 0 Å². The fourth-order valence-corrected chi connectivity index (χ4v) is 3.10. The Kier molecular flexibility index (Phi) is 5.56. The van der Waals surface area contributed by atoms with E-state index >= 15 is 0 Å². The van der Waals surface area contributed by atoms with Crippen LogP contribution in [0.3, 0.4) is 0 Å². The Morgan fingerprint density at radius 3 is 2.74 bits per heavy atom. The van der Waals surface area contributed by atoms with Crippen molar-refractivity contribution >= 4 is 5.91 Å². The molecule has 1 aliphatic rings. The summed E-state index contributed by atoms with van der Waals surface area (Å²) in [7, 11) is 1.42. The number of ether oxygens (including phenoxy) is 1. The number of nitrogens with zero attached hydrogens (tertiary/aromatic N) is 2. The van der Waals surface area contributed by atoms with Gasteiger partial charge >= 0.3 is 6.61 Å². The molecule has 6 nitrogen and oxygen atoms in total. The van der Waals surface area contributed by atoms with Gasteiger partial charge in [-0.25, -0.2) is 4.68 Å². The van der Waals surface area contributed by atoms with Gasteiger partial charge in [0.2, 0.25) is 5.88 Å². The molecule has 1 heterocycles. The van der Waals surface area contributed by atoms with Crippen molar-refractivity contribution in [1.82, 2.24) is 15.1 Å². The molecule has 1 atom stereocenters. The van der Waals surface area contributed by atoms with E-state index in [-0.39, 0.29) is 24.1 Å². The first-order valence-corrected chi connectivity index (χ1v) is 7.78. The molecular formula is C15H23F2N3O3. The number of amides is 1. The van der Waals surface area contributed by atoms with E-state index in [0.717, 1.165) is 30.4 Å². The zero-order valence-electron chi connectivity index (χ0n) is 13.4. The summed E-state index contributed by atoms with van der Waals surface area (Å²) < 4.78 is 29.9. The van der Waals surface area contributed by atoms with Gasteiger partial charge in [-0.1, -0.05) is 19.3 Å². The van der Waals surface area contributed by atoms with Gasteiger partial charge in [-0.05, 0) is 25.7 Å². The Balaban J connectivity index is 2.10. The Morgan fingerprint density at radius 2 is 2.17 bits per heavy atom. The molecular weight excluding hydrogens is 308 g/mol. The first kappa shape index (κ1) is 17.7. The summed E-state index contributed by atoms with van der Waals surface area (Å²) in [6.45, 7) is -1.36. The molecule has 0 radical (unpaired) electrons. The lowest BCUT2D eigenvalue weighted by molar-refractivity contribution is -0.0553. The smallest absolute Gasteiger partial charge is 0.388 e. The number of alkyl halides is 2. The number of aromatic nitrogens is 2. The Morgan fingerprint density at radius 1 is 1.52 bits per heavy atom. The van der Waals surface area contributed by atoms with Crippen LogP contribution in [0.1, 0.15) is 49.5 Å². The van der Waals surface area contributed by atoms with Crippen LogP contribution in [0.15, 0.2) is 6.07 Å². The number of aliphatic hydroxyl groups is 1. The number of aliphatic hydroxyl groups excluding tert-OH is 1. The van der Waals surface area contributed by atoms with Crippen LogP contribution < -0.4 is 10.1 Å². The lowest BCUT2D eigenvalue weighted by Gasteiger charge is -2.39. The topological polar surface area (TPSA) is 76.4 Å². The minimum absolute atomic E-state index is 0.0152. The number of hydrogen-bond acceptors (Lipinski definition) is 4. The third-order valence-corrected chi connectivity index (χ3v) is 4.51. The molecule has 2 N–H and O–H groups in total. The van der Waals surface area contributed by atoms with Crippen molar-refractivity contribution in [3.8, 4) is 5.88 Å². The standard InChI is InChI=1S/C15H23F2N3O3/c1-15(9-21,10-6-4-3-5-7-10)18-13(22)11-8-12(20(2)19-11)23-14(16)17/h8,10,14,21H,3-7,9H2,1-2H3,(H,18,22)/t15-/m0/s1. The Hall–Kier alpha value is -1.70. The predicted octanol–water partition coefficient (Wildman–Crippen LogP) is 2.08. The van der Waals surface area contributed by atoms with Crippen molar-refractivity contribution in [2.45, 2.75) is 51.2 Å². The molecule has 2 rings (SSSR count). The van der Waals surface area contributed by atoms with Crippen LogP contribution in [0.5, 0.6) is 5.88 Å². The van der Waals surface area contributed by atoms with Crippen LogP contribution in [0.4, 0.5) is 8.78 Å². The van der Waals surface area contributed by atoms with E-state index in [2.05, 4.69) is 15.2 Å². The zero-order chi connectivity index (χ0) is 17.0. The second-order valence-corrected chi connectivity index (χ2v) is 6.23. The molecule has 0 saturated heterocycles. The highest BCUT2D eigenvalue weighted by Crippen LogP contribution is 2.32. The monoisotopic (exact) mass is 331 g/mol. The number of aryl methyl sites for hydroxylation is 1. The summed E-state index contributed by atoms with van der Waals surface area (Å²) in [5.41, 5.74) is -0.766. The van der Waals surface area contributed by atoms with E-state index in [1.807, 2.05) is 0 Å². The lowest BCUT2D eigenvalue weighted by Crippen LogP contribution is -2.54. The van der Waals surface area contributed by atoms with Crippen LogP contribution in [-0.4, -0.2) is 39.6 Å². The second-order valence-electron chi connectivity index (χ2n) is 6.23. The predicted molar refractivity (Wildman–Crippen MR) is 79.4 cm³/mol. The molecule has 0 unspecified atom stereocenters. The normalized spacial score (nSPS) is 18.7. The van der Waals surface area contributed by atoms with Gasteiger partial charge in [0, 0.05) is 13.1 Å². The minimum atomic E-state index is -2.98. The summed E-state index contributed by atoms with van der Waals surface area (Å²) in [6.07, 6.45) is 5.21.